The molecule has 0 radical (unpaired) electrons. The van der Waals surface area contributed by atoms with Crippen molar-refractivity contribution in [1.29, 1.82) is 5.26 Å². The van der Waals surface area contributed by atoms with Gasteiger partial charge in [-0.2, -0.15) is 5.26 Å². The number of nitriles is 1. The Morgan fingerprint density at radius 2 is 1.77 bits per heavy atom. The molecule has 1 N–H and O–H groups in total. The van der Waals surface area contributed by atoms with Crippen LogP contribution in [0.15, 0.2) is 23.3 Å². The molecule has 0 amide bonds. The zero-order valence-corrected chi connectivity index (χ0v) is 25.2. The highest BCUT2D eigenvalue weighted by molar-refractivity contribution is 6.07. The fourth-order valence-corrected chi connectivity index (χ4v) is 9.99. The summed E-state index contributed by atoms with van der Waals surface area (Å²) in [6.07, 6.45) is 6.84. The Kier molecular flexibility index (Phi) is 5.75. The number of rotatable bonds is 3. The van der Waals surface area contributed by atoms with Crippen molar-refractivity contribution in [3.63, 3.8) is 0 Å². The summed E-state index contributed by atoms with van der Waals surface area (Å²) in [4.78, 5) is 41.7. The highest BCUT2D eigenvalue weighted by Gasteiger charge is 2.80. The molecule has 212 valence electrons. The van der Waals surface area contributed by atoms with Gasteiger partial charge in [0.05, 0.1) is 22.5 Å². The normalized spacial score (nSPS) is 47.7. The molecule has 39 heavy (non-hydrogen) atoms. The van der Waals surface area contributed by atoms with Crippen LogP contribution in [0.5, 0.6) is 0 Å². The quantitative estimate of drug-likeness (QED) is 0.453. The molecule has 0 aromatic carbocycles. The topological polar surface area (TPSA) is 104 Å². The van der Waals surface area contributed by atoms with E-state index >= 15 is 0 Å². The number of allylic oxidation sites excluding steroid dienone is 3. The molecular weight excluding hydrogens is 490 g/mol. The lowest BCUT2D eigenvalue weighted by molar-refractivity contribution is -0.200. The van der Waals surface area contributed by atoms with Gasteiger partial charge in [0.2, 0.25) is 0 Å². The number of nitrogens with zero attached hydrogens (tertiary/aromatic N) is 1. The highest BCUT2D eigenvalue weighted by atomic mass is 16.6. The number of hydrogen-bond acceptors (Lipinski definition) is 6. The summed E-state index contributed by atoms with van der Waals surface area (Å²) in [7, 11) is 0. The molecule has 1 spiro atoms. The molecule has 5 aliphatic rings. The van der Waals surface area contributed by atoms with Crippen LogP contribution < -0.4 is 0 Å². The van der Waals surface area contributed by atoms with Gasteiger partial charge in [0.1, 0.15) is 6.07 Å². The molecule has 1 aliphatic heterocycles. The predicted molar refractivity (Wildman–Crippen MR) is 147 cm³/mol. The van der Waals surface area contributed by atoms with Gasteiger partial charge in [0.25, 0.3) is 0 Å². The van der Waals surface area contributed by atoms with Gasteiger partial charge < -0.3 is 9.84 Å². The van der Waals surface area contributed by atoms with E-state index in [9.17, 15) is 24.8 Å². The summed E-state index contributed by atoms with van der Waals surface area (Å²) in [5.74, 6) is -1.24. The van der Waals surface area contributed by atoms with Crippen LogP contribution in [0.3, 0.4) is 0 Å². The first-order valence-electron chi connectivity index (χ1n) is 14.7. The number of fused-ring (bicyclic) bond motifs is 5. The van der Waals surface area contributed by atoms with E-state index in [4.69, 9.17) is 4.74 Å². The third kappa shape index (κ3) is 3.04. The Labute approximate surface area is 233 Å². The molecule has 1 heterocycles. The molecule has 1 saturated heterocycles. The van der Waals surface area contributed by atoms with E-state index in [2.05, 4.69) is 47.6 Å². The van der Waals surface area contributed by atoms with Crippen molar-refractivity contribution in [2.24, 2.45) is 44.3 Å². The number of Topliss-reactive ketones (excluding diaryl/α,β-unsaturated/α-hetero) is 1. The Morgan fingerprint density at radius 3 is 2.33 bits per heavy atom. The number of aliphatic hydroxyl groups excluding tert-OH is 1. The number of carbonyl (C=O) groups is 3. The molecular formula is C33H45NO5. The van der Waals surface area contributed by atoms with E-state index in [0.29, 0.717) is 32.1 Å². The Morgan fingerprint density at radius 1 is 1.13 bits per heavy atom. The lowest BCUT2D eigenvalue weighted by Crippen LogP contribution is -2.70. The minimum atomic E-state index is -1.23. The van der Waals surface area contributed by atoms with Gasteiger partial charge in [0.15, 0.2) is 17.2 Å². The summed E-state index contributed by atoms with van der Waals surface area (Å²) in [5.41, 5.74) is -3.94. The number of hydrogen-bond donors (Lipinski definition) is 1. The van der Waals surface area contributed by atoms with Gasteiger partial charge >= 0.3 is 5.97 Å². The maximum absolute atomic E-state index is 14.5. The Hall–Kier alpha value is -2.26. The van der Waals surface area contributed by atoms with Crippen LogP contribution in [-0.2, 0) is 19.1 Å². The van der Waals surface area contributed by atoms with Gasteiger partial charge in [-0.05, 0) is 80.8 Å². The number of carbonyl (C=O) groups excluding carboxylic acids is 3. The largest absolute Gasteiger partial charge is 0.449 e. The van der Waals surface area contributed by atoms with Gasteiger partial charge in [-0.25, -0.2) is 0 Å². The third-order valence-corrected chi connectivity index (χ3v) is 12.9. The summed E-state index contributed by atoms with van der Waals surface area (Å²) >= 11 is 0. The van der Waals surface area contributed by atoms with E-state index in [-0.39, 0.29) is 40.4 Å². The lowest BCUT2D eigenvalue weighted by atomic mass is 9.34. The zero-order valence-electron chi connectivity index (χ0n) is 25.2. The van der Waals surface area contributed by atoms with Crippen molar-refractivity contribution < 1.29 is 24.2 Å². The highest BCUT2D eigenvalue weighted by Crippen LogP contribution is 2.77. The molecule has 4 aliphatic carbocycles. The maximum Gasteiger partial charge on any atom is 0.313 e. The standard InChI is InChI=1S/C33H45NO5/c1-19-32(14-12-27(3,4)5)15-13-30(8)29(7)11-10-22-28(6,17-21(18-34)25(37)31(22,9)20(2)35)23(29)16-24(36)33(19,30)39-26(32)38/h16-17,19-20,22,35H,10-15H2,1-9H3/t19?,20?,22-,28+,29-,30+,31+,32+,33-/m1/s1. The van der Waals surface area contributed by atoms with Crippen molar-refractivity contribution in [1.82, 2.24) is 0 Å². The molecule has 9 atom stereocenters. The number of ether oxygens (including phenoxy) is 1. The van der Waals surface area contributed by atoms with Gasteiger partial charge in [-0.3, -0.25) is 14.4 Å². The van der Waals surface area contributed by atoms with Crippen LogP contribution in [0, 0.1) is 55.7 Å². The molecule has 6 heteroatoms. The summed E-state index contributed by atoms with van der Waals surface area (Å²) in [6, 6.07) is 2.10. The van der Waals surface area contributed by atoms with E-state index in [1.54, 1.807) is 26.0 Å². The third-order valence-electron chi connectivity index (χ3n) is 12.9. The van der Waals surface area contributed by atoms with E-state index in [0.717, 1.165) is 12.0 Å². The van der Waals surface area contributed by atoms with Crippen molar-refractivity contribution in [2.75, 3.05) is 0 Å². The smallest absolute Gasteiger partial charge is 0.313 e. The van der Waals surface area contributed by atoms with Gasteiger partial charge in [-0.15, -0.1) is 0 Å². The van der Waals surface area contributed by atoms with Crippen LogP contribution in [-0.4, -0.2) is 34.3 Å². The summed E-state index contributed by atoms with van der Waals surface area (Å²) in [5, 5.41) is 20.9. The Bertz CT molecular complexity index is 1280. The second kappa shape index (κ2) is 7.93. The first-order valence-corrected chi connectivity index (χ1v) is 14.7. The van der Waals surface area contributed by atoms with E-state index in [1.807, 2.05) is 6.92 Å². The molecule has 0 aromatic rings. The fraction of sp³-hybridized carbons (Fsp3) is 0.758. The second-order valence-corrected chi connectivity index (χ2v) is 15.5. The summed E-state index contributed by atoms with van der Waals surface area (Å²) < 4.78 is 6.40. The average molecular weight is 536 g/mol. The second-order valence-electron chi connectivity index (χ2n) is 15.5. The molecule has 2 saturated carbocycles. The molecule has 6 nitrogen and oxygen atoms in total. The molecule has 2 bridgehead atoms. The van der Waals surface area contributed by atoms with Crippen molar-refractivity contribution >= 4 is 17.5 Å². The van der Waals surface area contributed by atoms with Crippen molar-refractivity contribution in [3.8, 4) is 6.07 Å². The van der Waals surface area contributed by atoms with Crippen LogP contribution in [0.25, 0.3) is 0 Å². The molecule has 5 rings (SSSR count). The first kappa shape index (κ1) is 28.3. The Balaban J connectivity index is 1.70. The number of esters is 1. The predicted octanol–water partition coefficient (Wildman–Crippen LogP) is 5.88. The number of ketones is 2. The number of aliphatic hydroxyl groups is 1. The van der Waals surface area contributed by atoms with Crippen LogP contribution in [0.4, 0.5) is 0 Å². The minimum absolute atomic E-state index is 0.0469. The van der Waals surface area contributed by atoms with Crippen LogP contribution >= 0.6 is 0 Å². The van der Waals surface area contributed by atoms with Gasteiger partial charge in [-0.1, -0.05) is 54.5 Å². The van der Waals surface area contributed by atoms with E-state index in [1.165, 1.54) is 0 Å². The van der Waals surface area contributed by atoms with Gasteiger partial charge in [0, 0.05) is 16.7 Å². The minimum Gasteiger partial charge on any atom is -0.449 e. The zero-order chi connectivity index (χ0) is 29.2. The van der Waals surface area contributed by atoms with Crippen molar-refractivity contribution in [2.45, 2.75) is 113 Å². The SMILES string of the molecule is CC(O)[C@]1(C)C(=O)C(C#N)=C[C@]2(C)C3=CC(=O)[C@@]45OC(=O)[C@@](CCC(C)(C)C)(CC[C@@]4(C)[C@]3(C)CC[C@@H]12)C5C. The molecule has 0 aromatic heterocycles. The fourth-order valence-electron chi connectivity index (χ4n) is 9.99. The molecule has 2 unspecified atom stereocenters. The maximum atomic E-state index is 14.5. The summed E-state index contributed by atoms with van der Waals surface area (Å²) in [6.45, 7) is 18.4. The lowest BCUT2D eigenvalue weighted by Gasteiger charge is -2.68. The first-order chi connectivity index (χ1) is 17.8. The molecule has 3 fully saturated rings. The van der Waals surface area contributed by atoms with Crippen LogP contribution in [0.2, 0.25) is 0 Å². The van der Waals surface area contributed by atoms with Crippen LogP contribution in [0.1, 0.15) is 101 Å². The average Bonchev–Trinajstić information content (AvgIpc) is 2.99. The van der Waals surface area contributed by atoms with Crippen molar-refractivity contribution in [3.05, 3.63) is 23.3 Å². The monoisotopic (exact) mass is 535 g/mol. The van der Waals surface area contributed by atoms with E-state index < -0.39 is 38.8 Å².